The van der Waals surface area contributed by atoms with E-state index in [2.05, 4.69) is 97.6 Å². The fourth-order valence-corrected chi connectivity index (χ4v) is 6.63. The van der Waals surface area contributed by atoms with Crippen LogP contribution in [0.5, 0.6) is 0 Å². The van der Waals surface area contributed by atoms with E-state index < -0.39 is 0 Å². The van der Waals surface area contributed by atoms with Gasteiger partial charge in [0.25, 0.3) is 0 Å². The first-order valence-corrected chi connectivity index (χ1v) is 15.1. The van der Waals surface area contributed by atoms with Gasteiger partial charge in [0.05, 0.1) is 46.3 Å². The monoisotopic (exact) mass is 588 g/mol. The van der Waals surface area contributed by atoms with Crippen LogP contribution in [0.15, 0.2) is 133 Å². The lowest BCUT2D eigenvalue weighted by atomic mass is 9.73. The van der Waals surface area contributed by atoms with Crippen LogP contribution in [-0.2, 0) is 5.41 Å². The quantitative estimate of drug-likeness (QED) is 0.205. The van der Waals surface area contributed by atoms with Gasteiger partial charge in [-0.15, -0.1) is 0 Å². The van der Waals surface area contributed by atoms with Gasteiger partial charge in [-0.25, -0.2) is 0 Å². The number of fused-ring (bicyclic) bond motifs is 2. The van der Waals surface area contributed by atoms with E-state index in [-0.39, 0.29) is 5.41 Å². The zero-order valence-electron chi connectivity index (χ0n) is 25.5. The zero-order valence-corrected chi connectivity index (χ0v) is 25.5. The molecule has 0 saturated heterocycles. The van der Waals surface area contributed by atoms with Crippen LogP contribution < -0.4 is 4.90 Å². The average molecular weight is 589 g/mol. The second-order valence-corrected chi connectivity index (χ2v) is 12.0. The molecule has 0 fully saturated rings. The third kappa shape index (κ3) is 4.69. The van der Waals surface area contributed by atoms with Crippen molar-refractivity contribution in [1.29, 1.82) is 15.8 Å². The van der Waals surface area contributed by atoms with E-state index in [0.29, 0.717) is 16.7 Å². The SMILES string of the molecule is CC1(C)c2ccccc2N(c2cc(-c3ccc(C#N)cc3)c(-c3ccc(C#N)cc3)c(-c3ccc(C#N)cc3)c2)c2ccccc21. The number of benzene rings is 6. The number of nitrogens with zero attached hydrogens (tertiary/aromatic N) is 4. The van der Waals surface area contributed by atoms with E-state index in [1.807, 2.05) is 72.8 Å². The molecule has 4 nitrogen and oxygen atoms in total. The molecule has 216 valence electrons. The number of nitriles is 3. The van der Waals surface area contributed by atoms with Crippen LogP contribution in [-0.4, -0.2) is 0 Å². The van der Waals surface area contributed by atoms with Crippen molar-refractivity contribution >= 4 is 17.1 Å². The van der Waals surface area contributed by atoms with Crippen molar-refractivity contribution < 1.29 is 0 Å². The molecule has 0 saturated carbocycles. The van der Waals surface area contributed by atoms with Crippen LogP contribution in [0.4, 0.5) is 17.1 Å². The lowest BCUT2D eigenvalue weighted by Crippen LogP contribution is -2.30. The highest BCUT2D eigenvalue weighted by Gasteiger charge is 2.37. The maximum Gasteiger partial charge on any atom is 0.0991 e. The lowest BCUT2D eigenvalue weighted by molar-refractivity contribution is 0.632. The smallest absolute Gasteiger partial charge is 0.0991 e. The van der Waals surface area contributed by atoms with Crippen LogP contribution in [0.2, 0.25) is 0 Å². The summed E-state index contributed by atoms with van der Waals surface area (Å²) in [5.41, 5.74) is 13.2. The summed E-state index contributed by atoms with van der Waals surface area (Å²) in [4.78, 5) is 2.35. The van der Waals surface area contributed by atoms with Crippen LogP contribution in [0, 0.1) is 34.0 Å². The predicted octanol–water partition coefficient (Wildman–Crippen LogP) is 10.4. The van der Waals surface area contributed by atoms with Crippen molar-refractivity contribution in [3.8, 4) is 51.6 Å². The summed E-state index contributed by atoms with van der Waals surface area (Å²) in [5, 5.41) is 28.6. The molecule has 6 aromatic rings. The highest BCUT2D eigenvalue weighted by molar-refractivity contribution is 5.99. The Kier molecular flexibility index (Phi) is 6.94. The Morgan fingerprint density at radius 3 is 1.24 bits per heavy atom. The van der Waals surface area contributed by atoms with Crippen LogP contribution in [0.3, 0.4) is 0 Å². The normalized spacial score (nSPS) is 12.6. The molecule has 0 bridgehead atoms. The molecule has 0 N–H and O–H groups in total. The molecule has 46 heavy (non-hydrogen) atoms. The summed E-state index contributed by atoms with van der Waals surface area (Å²) in [7, 11) is 0. The molecule has 4 heteroatoms. The summed E-state index contributed by atoms with van der Waals surface area (Å²) in [6.07, 6.45) is 0. The van der Waals surface area contributed by atoms with Gasteiger partial charge in [0, 0.05) is 11.1 Å². The number of rotatable bonds is 4. The summed E-state index contributed by atoms with van der Waals surface area (Å²) < 4.78 is 0. The molecule has 1 aliphatic heterocycles. The van der Waals surface area contributed by atoms with Crippen molar-refractivity contribution in [2.75, 3.05) is 4.90 Å². The van der Waals surface area contributed by atoms with Crippen molar-refractivity contribution in [1.82, 2.24) is 0 Å². The third-order valence-corrected chi connectivity index (χ3v) is 8.97. The van der Waals surface area contributed by atoms with Gasteiger partial charge in [-0.05, 0) is 105 Å². The molecule has 0 unspecified atom stereocenters. The molecule has 0 amide bonds. The van der Waals surface area contributed by atoms with Gasteiger partial charge in [-0.3, -0.25) is 0 Å². The topological polar surface area (TPSA) is 74.6 Å². The first-order chi connectivity index (χ1) is 22.4. The number of hydrogen-bond donors (Lipinski definition) is 0. The van der Waals surface area contributed by atoms with Crippen molar-refractivity contribution in [3.63, 3.8) is 0 Å². The Labute approximate surface area is 269 Å². The second-order valence-electron chi connectivity index (χ2n) is 12.0. The average Bonchev–Trinajstić information content (AvgIpc) is 3.11. The summed E-state index contributed by atoms with van der Waals surface area (Å²) in [6.45, 7) is 4.56. The molecule has 1 aliphatic rings. The fraction of sp³-hybridized carbons (Fsp3) is 0.0714. The van der Waals surface area contributed by atoms with Gasteiger partial charge in [0.15, 0.2) is 0 Å². The number of anilines is 3. The van der Waals surface area contributed by atoms with Crippen LogP contribution in [0.1, 0.15) is 41.7 Å². The van der Waals surface area contributed by atoms with E-state index in [0.717, 1.165) is 50.4 Å². The van der Waals surface area contributed by atoms with Gasteiger partial charge >= 0.3 is 0 Å². The first-order valence-electron chi connectivity index (χ1n) is 15.1. The summed E-state index contributed by atoms with van der Waals surface area (Å²) >= 11 is 0. The molecule has 0 aromatic heterocycles. The highest BCUT2D eigenvalue weighted by atomic mass is 15.2. The van der Waals surface area contributed by atoms with Crippen molar-refractivity contribution in [2.45, 2.75) is 19.3 Å². The Bertz CT molecular complexity index is 2110. The molecule has 0 radical (unpaired) electrons. The molecule has 0 aliphatic carbocycles. The number of hydrogen-bond acceptors (Lipinski definition) is 4. The fourth-order valence-electron chi connectivity index (χ4n) is 6.63. The van der Waals surface area contributed by atoms with Gasteiger partial charge in [-0.2, -0.15) is 15.8 Å². The minimum atomic E-state index is -0.196. The molecule has 0 atom stereocenters. The van der Waals surface area contributed by atoms with Crippen molar-refractivity contribution in [2.24, 2.45) is 0 Å². The maximum atomic E-state index is 9.55. The van der Waals surface area contributed by atoms with E-state index in [1.54, 1.807) is 0 Å². The standard InChI is InChI=1S/C42H28N4/c1-42(2)37-7-3-5-9-39(37)46(40-10-6-4-8-38(40)42)34-23-35(31-17-11-28(25-43)12-18-31)41(33-21-15-30(27-45)16-22-33)36(24-34)32-19-13-29(26-44)14-20-32/h3-24H,1-2H3. The molecule has 7 rings (SSSR count). The number of para-hydroxylation sites is 2. The van der Waals surface area contributed by atoms with Crippen molar-refractivity contribution in [3.05, 3.63) is 161 Å². The third-order valence-electron chi connectivity index (χ3n) is 8.97. The van der Waals surface area contributed by atoms with Crippen LogP contribution >= 0.6 is 0 Å². The highest BCUT2D eigenvalue weighted by Crippen LogP contribution is 2.53. The molecule has 6 aromatic carbocycles. The second kappa shape index (κ2) is 11.3. The largest absolute Gasteiger partial charge is 0.310 e. The first kappa shape index (κ1) is 28.4. The zero-order chi connectivity index (χ0) is 31.8. The van der Waals surface area contributed by atoms with Gasteiger partial charge < -0.3 is 4.90 Å². The molecular weight excluding hydrogens is 560 g/mol. The van der Waals surface area contributed by atoms with E-state index >= 15 is 0 Å². The Morgan fingerprint density at radius 2 is 0.848 bits per heavy atom. The Balaban J connectivity index is 1.58. The molecular formula is C42H28N4. The molecule has 0 spiro atoms. The predicted molar refractivity (Wildman–Crippen MR) is 184 cm³/mol. The minimum Gasteiger partial charge on any atom is -0.310 e. The van der Waals surface area contributed by atoms with E-state index in [1.165, 1.54) is 11.1 Å². The summed E-state index contributed by atoms with van der Waals surface area (Å²) in [6, 6.07) is 51.4. The van der Waals surface area contributed by atoms with Gasteiger partial charge in [0.1, 0.15) is 0 Å². The Hall–Kier alpha value is -6.41. The summed E-state index contributed by atoms with van der Waals surface area (Å²) in [5.74, 6) is 0. The maximum absolute atomic E-state index is 9.55. The van der Waals surface area contributed by atoms with Gasteiger partial charge in [0.2, 0.25) is 0 Å². The van der Waals surface area contributed by atoms with E-state index in [9.17, 15) is 15.8 Å². The lowest BCUT2D eigenvalue weighted by Gasteiger charge is -2.42. The van der Waals surface area contributed by atoms with Crippen LogP contribution in [0.25, 0.3) is 33.4 Å². The molecule has 1 heterocycles. The van der Waals surface area contributed by atoms with E-state index in [4.69, 9.17) is 0 Å². The minimum absolute atomic E-state index is 0.196. The van der Waals surface area contributed by atoms with Gasteiger partial charge in [-0.1, -0.05) is 86.6 Å². The Morgan fingerprint density at radius 1 is 0.478 bits per heavy atom.